The van der Waals surface area contributed by atoms with Gasteiger partial charge in [-0.15, -0.1) is 10.2 Å². The van der Waals surface area contributed by atoms with Crippen LogP contribution in [0.5, 0.6) is 17.2 Å². The minimum Gasteiger partial charge on any atom is -0.493 e. The average Bonchev–Trinajstić information content (AvgIpc) is 3.16. The van der Waals surface area contributed by atoms with Gasteiger partial charge in [0.2, 0.25) is 5.82 Å². The van der Waals surface area contributed by atoms with Crippen molar-refractivity contribution in [2.45, 2.75) is 26.5 Å². The summed E-state index contributed by atoms with van der Waals surface area (Å²) in [5, 5.41) is 22.6. The van der Waals surface area contributed by atoms with Crippen molar-refractivity contribution in [1.29, 1.82) is 0 Å². The lowest BCUT2D eigenvalue weighted by molar-refractivity contribution is 0.0846. The van der Waals surface area contributed by atoms with Crippen molar-refractivity contribution < 1.29 is 19.3 Å². The lowest BCUT2D eigenvalue weighted by Crippen LogP contribution is -2.25. The minimum atomic E-state index is -0.771. The maximum atomic E-state index is 10.3. The van der Waals surface area contributed by atoms with Crippen molar-refractivity contribution in [1.82, 2.24) is 20.2 Å². The summed E-state index contributed by atoms with van der Waals surface area (Å²) in [5.74, 6) is 2.40. The molecule has 0 aliphatic heterocycles. The first-order chi connectivity index (χ1) is 13.5. The molecule has 1 aromatic heterocycles. The second-order valence-electron chi connectivity index (χ2n) is 6.47. The Labute approximate surface area is 163 Å². The predicted molar refractivity (Wildman–Crippen MR) is 104 cm³/mol. The SMILES string of the molecule is COc1ccc(-c2nnn(CC(O)COc3cc(C)ccc3C)n2)cc1OC. The molecule has 0 spiro atoms. The van der Waals surface area contributed by atoms with Crippen molar-refractivity contribution in [3.8, 4) is 28.6 Å². The summed E-state index contributed by atoms with van der Waals surface area (Å²) < 4.78 is 16.3. The summed E-state index contributed by atoms with van der Waals surface area (Å²) in [5.41, 5.74) is 2.87. The Balaban J connectivity index is 1.63. The van der Waals surface area contributed by atoms with E-state index >= 15 is 0 Å². The molecule has 8 nitrogen and oxygen atoms in total. The second kappa shape index (κ2) is 8.71. The molecule has 1 atom stereocenters. The molecule has 0 bridgehead atoms. The van der Waals surface area contributed by atoms with Crippen LogP contribution < -0.4 is 14.2 Å². The molecule has 28 heavy (non-hydrogen) atoms. The van der Waals surface area contributed by atoms with Gasteiger partial charge in [-0.1, -0.05) is 12.1 Å². The van der Waals surface area contributed by atoms with Crippen LogP contribution in [0.2, 0.25) is 0 Å². The van der Waals surface area contributed by atoms with Crippen LogP contribution in [-0.2, 0) is 6.54 Å². The fourth-order valence-corrected chi connectivity index (χ4v) is 2.70. The van der Waals surface area contributed by atoms with Crippen LogP contribution in [0.1, 0.15) is 11.1 Å². The van der Waals surface area contributed by atoms with Crippen molar-refractivity contribution in [3.05, 3.63) is 47.5 Å². The van der Waals surface area contributed by atoms with E-state index in [4.69, 9.17) is 14.2 Å². The number of aliphatic hydroxyl groups excluding tert-OH is 1. The Morgan fingerprint density at radius 3 is 2.54 bits per heavy atom. The zero-order valence-corrected chi connectivity index (χ0v) is 16.4. The summed E-state index contributed by atoms with van der Waals surface area (Å²) in [4.78, 5) is 1.35. The highest BCUT2D eigenvalue weighted by molar-refractivity contribution is 5.60. The van der Waals surface area contributed by atoms with E-state index in [1.165, 1.54) is 4.80 Å². The molecular formula is C20H24N4O4. The molecule has 8 heteroatoms. The first kappa shape index (κ1) is 19.6. The Hall–Kier alpha value is -3.13. The molecule has 1 N–H and O–H groups in total. The molecule has 0 saturated carbocycles. The quantitative estimate of drug-likeness (QED) is 0.638. The number of tetrazole rings is 1. The molecule has 1 heterocycles. The number of aromatic nitrogens is 4. The summed E-state index contributed by atoms with van der Waals surface area (Å²) in [6.07, 6.45) is -0.771. The van der Waals surface area contributed by atoms with Gasteiger partial charge in [-0.3, -0.25) is 0 Å². The number of nitrogens with zero attached hydrogens (tertiary/aromatic N) is 4. The number of aryl methyl sites for hydroxylation is 2. The molecule has 0 radical (unpaired) electrons. The van der Waals surface area contributed by atoms with Crippen LogP contribution in [0.25, 0.3) is 11.4 Å². The van der Waals surface area contributed by atoms with Crippen LogP contribution >= 0.6 is 0 Å². The zero-order chi connectivity index (χ0) is 20.1. The van der Waals surface area contributed by atoms with E-state index < -0.39 is 6.10 Å². The van der Waals surface area contributed by atoms with Crippen LogP contribution in [0, 0.1) is 13.8 Å². The standard InChI is InChI=1S/C20H24N4O4/c1-13-5-6-14(2)18(9-13)28-12-16(25)11-24-22-20(21-23-24)15-7-8-17(26-3)19(10-15)27-4/h5-10,16,25H,11-12H2,1-4H3. The molecule has 1 unspecified atom stereocenters. The van der Waals surface area contributed by atoms with Gasteiger partial charge < -0.3 is 19.3 Å². The molecule has 3 aromatic rings. The highest BCUT2D eigenvalue weighted by Crippen LogP contribution is 2.30. The van der Waals surface area contributed by atoms with E-state index in [1.807, 2.05) is 38.1 Å². The van der Waals surface area contributed by atoms with Gasteiger partial charge in [0, 0.05) is 5.56 Å². The molecule has 0 saturated heterocycles. The third-order valence-corrected chi connectivity index (χ3v) is 4.24. The number of hydrogen-bond donors (Lipinski definition) is 1. The van der Waals surface area contributed by atoms with Crippen LogP contribution in [0.3, 0.4) is 0 Å². The largest absolute Gasteiger partial charge is 0.493 e. The minimum absolute atomic E-state index is 0.136. The van der Waals surface area contributed by atoms with Gasteiger partial charge in [0.1, 0.15) is 18.5 Å². The Morgan fingerprint density at radius 2 is 1.79 bits per heavy atom. The molecular weight excluding hydrogens is 360 g/mol. The third kappa shape index (κ3) is 4.58. The van der Waals surface area contributed by atoms with E-state index in [-0.39, 0.29) is 13.2 Å². The van der Waals surface area contributed by atoms with Crippen LogP contribution in [0.4, 0.5) is 0 Å². The van der Waals surface area contributed by atoms with Gasteiger partial charge >= 0.3 is 0 Å². The maximum absolute atomic E-state index is 10.3. The lowest BCUT2D eigenvalue weighted by atomic mass is 10.1. The predicted octanol–water partition coefficient (Wildman–Crippen LogP) is 2.41. The summed E-state index contributed by atoms with van der Waals surface area (Å²) in [6, 6.07) is 11.3. The number of methoxy groups -OCH3 is 2. The molecule has 0 amide bonds. The average molecular weight is 384 g/mol. The van der Waals surface area contributed by atoms with Gasteiger partial charge in [0.25, 0.3) is 0 Å². The topological polar surface area (TPSA) is 91.5 Å². The first-order valence-electron chi connectivity index (χ1n) is 8.88. The normalized spacial score (nSPS) is 11.9. The number of hydrogen-bond acceptors (Lipinski definition) is 7. The lowest BCUT2D eigenvalue weighted by Gasteiger charge is -2.13. The number of rotatable bonds is 8. The summed E-state index contributed by atoms with van der Waals surface area (Å²) in [7, 11) is 3.14. The van der Waals surface area contributed by atoms with Gasteiger partial charge in [0.05, 0.1) is 20.8 Å². The van der Waals surface area contributed by atoms with Gasteiger partial charge in [-0.25, -0.2) is 0 Å². The maximum Gasteiger partial charge on any atom is 0.205 e. The molecule has 0 aliphatic rings. The molecule has 0 aliphatic carbocycles. The van der Waals surface area contributed by atoms with Gasteiger partial charge in [-0.2, -0.15) is 4.80 Å². The Morgan fingerprint density at radius 1 is 1.00 bits per heavy atom. The Bertz CT molecular complexity index is 942. The third-order valence-electron chi connectivity index (χ3n) is 4.24. The highest BCUT2D eigenvalue weighted by Gasteiger charge is 2.13. The Kier molecular flexibility index (Phi) is 6.10. The number of aliphatic hydroxyl groups is 1. The molecule has 0 fully saturated rings. The zero-order valence-electron chi connectivity index (χ0n) is 16.4. The van der Waals surface area contributed by atoms with Crippen molar-refractivity contribution in [3.63, 3.8) is 0 Å². The number of ether oxygens (including phenoxy) is 3. The molecule has 3 rings (SSSR count). The molecule has 2 aromatic carbocycles. The van der Waals surface area contributed by atoms with E-state index in [9.17, 15) is 5.11 Å². The summed E-state index contributed by atoms with van der Waals surface area (Å²) >= 11 is 0. The van der Waals surface area contributed by atoms with Crippen molar-refractivity contribution in [2.24, 2.45) is 0 Å². The summed E-state index contributed by atoms with van der Waals surface area (Å²) in [6.45, 7) is 4.27. The second-order valence-corrected chi connectivity index (χ2v) is 6.47. The fraction of sp³-hybridized carbons (Fsp3) is 0.350. The van der Waals surface area contributed by atoms with Crippen LogP contribution in [-0.4, -0.2) is 52.2 Å². The fourth-order valence-electron chi connectivity index (χ4n) is 2.70. The van der Waals surface area contributed by atoms with E-state index in [2.05, 4.69) is 15.4 Å². The smallest absolute Gasteiger partial charge is 0.205 e. The monoisotopic (exact) mass is 384 g/mol. The highest BCUT2D eigenvalue weighted by atomic mass is 16.5. The van der Waals surface area contributed by atoms with Gasteiger partial charge in [-0.05, 0) is 54.5 Å². The van der Waals surface area contributed by atoms with E-state index in [0.717, 1.165) is 22.4 Å². The van der Waals surface area contributed by atoms with Gasteiger partial charge in [0.15, 0.2) is 11.5 Å². The number of benzene rings is 2. The first-order valence-corrected chi connectivity index (χ1v) is 8.88. The molecule has 148 valence electrons. The van der Waals surface area contributed by atoms with Crippen molar-refractivity contribution >= 4 is 0 Å². The van der Waals surface area contributed by atoms with Crippen LogP contribution in [0.15, 0.2) is 36.4 Å². The van der Waals surface area contributed by atoms with Crippen molar-refractivity contribution in [2.75, 3.05) is 20.8 Å². The van der Waals surface area contributed by atoms with E-state index in [1.54, 1.807) is 26.4 Å². The van der Waals surface area contributed by atoms with E-state index in [0.29, 0.717) is 17.3 Å².